The van der Waals surface area contributed by atoms with E-state index in [1.165, 1.54) is 11.1 Å². The van der Waals surface area contributed by atoms with Gasteiger partial charge in [-0.15, -0.1) is 0 Å². The molecule has 72 valence electrons. The minimum absolute atomic E-state index is 0.00130. The van der Waals surface area contributed by atoms with Crippen molar-refractivity contribution in [2.45, 2.75) is 32.9 Å². The van der Waals surface area contributed by atoms with Gasteiger partial charge in [-0.1, -0.05) is 23.8 Å². The molecule has 1 aromatic rings. The van der Waals surface area contributed by atoms with Crippen LogP contribution in [-0.4, -0.2) is 6.04 Å². The number of aryl methyl sites for hydroxylation is 2. The summed E-state index contributed by atoms with van der Waals surface area (Å²) in [6.45, 7) is 6.09. The van der Waals surface area contributed by atoms with Crippen LogP contribution in [0.25, 0.3) is 0 Å². The third kappa shape index (κ3) is 2.29. The van der Waals surface area contributed by atoms with Crippen LogP contribution in [0.5, 0.6) is 0 Å². The minimum Gasteiger partial charge on any atom is -0.326 e. The molecule has 2 unspecified atom stereocenters. The van der Waals surface area contributed by atoms with Gasteiger partial charge in [0.1, 0.15) is 0 Å². The Morgan fingerprint density at radius 3 is 2.23 bits per heavy atom. The molecule has 0 aliphatic carbocycles. The van der Waals surface area contributed by atoms with Gasteiger partial charge in [-0.3, -0.25) is 0 Å². The highest BCUT2D eigenvalue weighted by Gasteiger charge is 2.12. The van der Waals surface area contributed by atoms with E-state index >= 15 is 0 Å². The van der Waals surface area contributed by atoms with Gasteiger partial charge in [-0.2, -0.15) is 0 Å². The largest absolute Gasteiger partial charge is 0.326 e. The second kappa shape index (κ2) is 3.90. The van der Waals surface area contributed by atoms with Crippen molar-refractivity contribution in [3.8, 4) is 0 Å². The fourth-order valence-corrected chi connectivity index (χ4v) is 1.48. The smallest absolute Gasteiger partial charge is 0.0448 e. The maximum absolute atomic E-state index is 5.96. The molecular weight excluding hydrogens is 160 g/mol. The summed E-state index contributed by atoms with van der Waals surface area (Å²) in [4.78, 5) is 0. The van der Waals surface area contributed by atoms with Crippen LogP contribution in [0, 0.1) is 13.8 Å². The Balaban J connectivity index is 3.01. The zero-order chi connectivity index (χ0) is 10.0. The molecule has 0 aromatic heterocycles. The molecular formula is C11H18N2. The highest BCUT2D eigenvalue weighted by atomic mass is 14.8. The molecule has 2 atom stereocenters. The van der Waals surface area contributed by atoms with Crippen LogP contribution in [0.1, 0.15) is 29.7 Å². The maximum atomic E-state index is 5.96. The van der Waals surface area contributed by atoms with Gasteiger partial charge in [-0.05, 0) is 31.9 Å². The van der Waals surface area contributed by atoms with Crippen LogP contribution in [0.15, 0.2) is 18.2 Å². The highest BCUT2D eigenvalue weighted by Crippen LogP contribution is 2.18. The van der Waals surface area contributed by atoms with Crippen molar-refractivity contribution < 1.29 is 0 Å². The van der Waals surface area contributed by atoms with Crippen molar-refractivity contribution >= 4 is 0 Å². The summed E-state index contributed by atoms with van der Waals surface area (Å²) < 4.78 is 0. The van der Waals surface area contributed by atoms with E-state index in [2.05, 4.69) is 32.0 Å². The molecule has 0 radical (unpaired) electrons. The Labute approximate surface area is 79.9 Å². The van der Waals surface area contributed by atoms with E-state index in [-0.39, 0.29) is 12.1 Å². The first-order valence-corrected chi connectivity index (χ1v) is 4.60. The third-order valence-corrected chi connectivity index (χ3v) is 2.35. The van der Waals surface area contributed by atoms with Gasteiger partial charge in [0.2, 0.25) is 0 Å². The second-order valence-electron chi connectivity index (χ2n) is 3.74. The van der Waals surface area contributed by atoms with Crippen LogP contribution < -0.4 is 11.5 Å². The van der Waals surface area contributed by atoms with E-state index in [4.69, 9.17) is 11.5 Å². The molecule has 0 aliphatic rings. The Bertz CT molecular complexity index is 292. The highest BCUT2D eigenvalue weighted by molar-refractivity contribution is 5.33. The van der Waals surface area contributed by atoms with Crippen molar-refractivity contribution in [2.24, 2.45) is 11.5 Å². The number of benzene rings is 1. The molecule has 0 spiro atoms. The van der Waals surface area contributed by atoms with Crippen molar-refractivity contribution in [1.82, 2.24) is 0 Å². The van der Waals surface area contributed by atoms with Gasteiger partial charge >= 0.3 is 0 Å². The van der Waals surface area contributed by atoms with Crippen molar-refractivity contribution in [1.29, 1.82) is 0 Å². The standard InChI is InChI=1S/C11H18N2/c1-7-4-5-10(8(2)6-7)11(13)9(3)12/h4-6,9,11H,12-13H2,1-3H3. The molecule has 13 heavy (non-hydrogen) atoms. The van der Waals surface area contributed by atoms with Crippen LogP contribution in [0.2, 0.25) is 0 Å². The summed E-state index contributed by atoms with van der Waals surface area (Å²) in [5, 5.41) is 0. The monoisotopic (exact) mass is 178 g/mol. The molecule has 0 bridgehead atoms. The molecule has 0 heterocycles. The number of hydrogen-bond acceptors (Lipinski definition) is 2. The van der Waals surface area contributed by atoms with Crippen molar-refractivity contribution in [3.63, 3.8) is 0 Å². The maximum Gasteiger partial charge on any atom is 0.0448 e. The van der Waals surface area contributed by atoms with E-state index in [1.54, 1.807) is 0 Å². The van der Waals surface area contributed by atoms with E-state index in [0.717, 1.165) is 5.56 Å². The summed E-state index contributed by atoms with van der Waals surface area (Å²) in [6.07, 6.45) is 0. The van der Waals surface area contributed by atoms with Gasteiger partial charge in [0.25, 0.3) is 0 Å². The van der Waals surface area contributed by atoms with Crippen molar-refractivity contribution in [3.05, 3.63) is 34.9 Å². The molecule has 0 amide bonds. The summed E-state index contributed by atoms with van der Waals surface area (Å²) in [5.74, 6) is 0. The van der Waals surface area contributed by atoms with Gasteiger partial charge < -0.3 is 11.5 Å². The Morgan fingerprint density at radius 2 is 1.77 bits per heavy atom. The summed E-state index contributed by atoms with van der Waals surface area (Å²) in [5.41, 5.74) is 15.4. The number of nitrogens with two attached hydrogens (primary N) is 2. The first kappa shape index (κ1) is 10.2. The van der Waals surface area contributed by atoms with E-state index < -0.39 is 0 Å². The molecule has 0 saturated carbocycles. The predicted molar refractivity (Wildman–Crippen MR) is 56.5 cm³/mol. The quantitative estimate of drug-likeness (QED) is 0.723. The van der Waals surface area contributed by atoms with Crippen LogP contribution >= 0.6 is 0 Å². The molecule has 2 nitrogen and oxygen atoms in total. The lowest BCUT2D eigenvalue weighted by atomic mass is 9.96. The molecule has 4 N–H and O–H groups in total. The topological polar surface area (TPSA) is 52.0 Å². The van der Waals surface area contributed by atoms with Gasteiger partial charge in [0, 0.05) is 12.1 Å². The van der Waals surface area contributed by atoms with Crippen LogP contribution in [0.4, 0.5) is 0 Å². The molecule has 0 fully saturated rings. The number of rotatable bonds is 2. The summed E-state index contributed by atoms with van der Waals surface area (Å²) >= 11 is 0. The van der Waals surface area contributed by atoms with E-state index in [1.807, 2.05) is 6.92 Å². The second-order valence-corrected chi connectivity index (χ2v) is 3.74. The lowest BCUT2D eigenvalue weighted by Crippen LogP contribution is -2.31. The minimum atomic E-state index is -0.0550. The fraction of sp³-hybridized carbons (Fsp3) is 0.455. The Morgan fingerprint density at radius 1 is 1.15 bits per heavy atom. The first-order valence-electron chi connectivity index (χ1n) is 4.60. The SMILES string of the molecule is Cc1ccc(C(N)C(C)N)c(C)c1. The zero-order valence-electron chi connectivity index (χ0n) is 8.54. The van der Waals surface area contributed by atoms with Crippen LogP contribution in [-0.2, 0) is 0 Å². The number of hydrogen-bond donors (Lipinski definition) is 2. The summed E-state index contributed by atoms with van der Waals surface area (Å²) in [7, 11) is 0. The van der Waals surface area contributed by atoms with Crippen LogP contribution in [0.3, 0.4) is 0 Å². The average molecular weight is 178 g/mol. The molecule has 0 aliphatic heterocycles. The fourth-order valence-electron chi connectivity index (χ4n) is 1.48. The molecule has 0 saturated heterocycles. The molecule has 1 aromatic carbocycles. The Hall–Kier alpha value is -0.860. The van der Waals surface area contributed by atoms with Gasteiger partial charge in [0.15, 0.2) is 0 Å². The average Bonchev–Trinajstić information content (AvgIpc) is 2.03. The third-order valence-electron chi connectivity index (χ3n) is 2.35. The normalized spacial score (nSPS) is 15.5. The molecule has 1 rings (SSSR count). The predicted octanol–water partition coefficient (Wildman–Crippen LogP) is 1.65. The zero-order valence-corrected chi connectivity index (χ0v) is 8.54. The first-order chi connectivity index (χ1) is 6.02. The lowest BCUT2D eigenvalue weighted by molar-refractivity contribution is 0.586. The van der Waals surface area contributed by atoms with E-state index in [0.29, 0.717) is 0 Å². The Kier molecular flexibility index (Phi) is 3.07. The van der Waals surface area contributed by atoms with Crippen molar-refractivity contribution in [2.75, 3.05) is 0 Å². The van der Waals surface area contributed by atoms with Gasteiger partial charge in [-0.25, -0.2) is 0 Å². The van der Waals surface area contributed by atoms with Gasteiger partial charge in [0.05, 0.1) is 0 Å². The lowest BCUT2D eigenvalue weighted by Gasteiger charge is -2.18. The summed E-state index contributed by atoms with van der Waals surface area (Å²) in [6, 6.07) is 6.22. The molecule has 2 heteroatoms. The van der Waals surface area contributed by atoms with E-state index in [9.17, 15) is 0 Å².